The van der Waals surface area contributed by atoms with Gasteiger partial charge in [0, 0.05) is 33.2 Å². The van der Waals surface area contributed by atoms with Crippen LogP contribution in [-0.2, 0) is 17.9 Å². The van der Waals surface area contributed by atoms with E-state index in [0.29, 0.717) is 0 Å². The van der Waals surface area contributed by atoms with Gasteiger partial charge in [-0.15, -0.1) is 24.0 Å². The molecule has 0 radical (unpaired) electrons. The summed E-state index contributed by atoms with van der Waals surface area (Å²) < 4.78 is 0. The molecular formula is C22H38IN5O. The minimum absolute atomic E-state index is 0. The van der Waals surface area contributed by atoms with Crippen molar-refractivity contribution in [1.82, 2.24) is 15.5 Å². The molecule has 2 rings (SSSR count). The number of nitrogens with one attached hydrogen (secondary N) is 2. The number of hydrogen-bond donors (Lipinski definition) is 3. The maximum absolute atomic E-state index is 11.5. The number of halogens is 1. The van der Waals surface area contributed by atoms with Crippen LogP contribution in [0.5, 0.6) is 0 Å². The lowest BCUT2D eigenvalue weighted by Gasteiger charge is -2.31. The number of likely N-dealkylation sites (tertiary alicyclic amines) is 1. The summed E-state index contributed by atoms with van der Waals surface area (Å²) in [4.78, 5) is 18.1. The van der Waals surface area contributed by atoms with Crippen molar-refractivity contribution in [3.63, 3.8) is 0 Å². The Kier molecular flexibility index (Phi) is 12.2. The van der Waals surface area contributed by atoms with Crippen molar-refractivity contribution in [2.45, 2.75) is 52.6 Å². The van der Waals surface area contributed by atoms with Crippen molar-refractivity contribution in [1.29, 1.82) is 0 Å². The predicted octanol–water partition coefficient (Wildman–Crippen LogP) is 3.10. The van der Waals surface area contributed by atoms with Crippen LogP contribution in [-0.4, -0.2) is 43.4 Å². The summed E-state index contributed by atoms with van der Waals surface area (Å²) in [7, 11) is 1.81. The van der Waals surface area contributed by atoms with Crippen LogP contribution in [0.25, 0.3) is 0 Å². The topological polar surface area (TPSA) is 82.8 Å². The third kappa shape index (κ3) is 9.80. The highest BCUT2D eigenvalue weighted by atomic mass is 127. The number of primary amides is 1. The molecule has 164 valence electrons. The zero-order valence-corrected chi connectivity index (χ0v) is 20.4. The molecule has 1 amide bonds. The highest BCUT2D eigenvalue weighted by Gasteiger charge is 2.23. The van der Waals surface area contributed by atoms with Gasteiger partial charge in [-0.3, -0.25) is 14.7 Å². The number of hydrogen-bond acceptors (Lipinski definition) is 3. The van der Waals surface area contributed by atoms with Gasteiger partial charge in [0.05, 0.1) is 5.92 Å². The molecule has 29 heavy (non-hydrogen) atoms. The van der Waals surface area contributed by atoms with Crippen LogP contribution in [0, 0.1) is 11.8 Å². The monoisotopic (exact) mass is 515 g/mol. The summed E-state index contributed by atoms with van der Waals surface area (Å²) in [6, 6.07) is 8.61. The number of guanidine groups is 1. The molecule has 1 aromatic rings. The highest BCUT2D eigenvalue weighted by molar-refractivity contribution is 14.0. The fourth-order valence-electron chi connectivity index (χ4n) is 3.65. The van der Waals surface area contributed by atoms with Crippen LogP contribution in [0.4, 0.5) is 0 Å². The Morgan fingerprint density at radius 2 is 2.07 bits per heavy atom. The van der Waals surface area contributed by atoms with Crippen molar-refractivity contribution >= 4 is 35.8 Å². The molecule has 7 heteroatoms. The van der Waals surface area contributed by atoms with Crippen LogP contribution < -0.4 is 16.4 Å². The SMILES string of the molecule is CN=C(NCCCC(C)C)NCc1cccc(CN2CCCC(C(N)=O)C2)c1.I. The van der Waals surface area contributed by atoms with Gasteiger partial charge in [0.2, 0.25) is 5.91 Å². The van der Waals surface area contributed by atoms with Gasteiger partial charge >= 0.3 is 0 Å². The molecule has 1 unspecified atom stereocenters. The first-order valence-corrected chi connectivity index (χ1v) is 10.5. The molecule has 0 bridgehead atoms. The largest absolute Gasteiger partial charge is 0.369 e. The molecule has 0 saturated carbocycles. The fraction of sp³-hybridized carbons (Fsp3) is 0.636. The van der Waals surface area contributed by atoms with Crippen LogP contribution in [0.1, 0.15) is 50.7 Å². The number of amides is 1. The highest BCUT2D eigenvalue weighted by Crippen LogP contribution is 2.18. The number of nitrogens with zero attached hydrogens (tertiary/aromatic N) is 2. The van der Waals surface area contributed by atoms with Gasteiger partial charge in [-0.2, -0.15) is 0 Å². The third-order valence-electron chi connectivity index (χ3n) is 5.24. The van der Waals surface area contributed by atoms with Gasteiger partial charge in [-0.25, -0.2) is 0 Å². The van der Waals surface area contributed by atoms with Gasteiger partial charge in [-0.1, -0.05) is 38.1 Å². The van der Waals surface area contributed by atoms with Gasteiger partial charge in [-0.05, 0) is 49.3 Å². The Morgan fingerprint density at radius 3 is 2.76 bits per heavy atom. The van der Waals surface area contributed by atoms with Crippen molar-refractivity contribution in [3.05, 3.63) is 35.4 Å². The zero-order chi connectivity index (χ0) is 20.4. The molecule has 0 spiro atoms. The maximum Gasteiger partial charge on any atom is 0.221 e. The van der Waals surface area contributed by atoms with E-state index in [2.05, 4.69) is 58.6 Å². The van der Waals surface area contributed by atoms with E-state index in [0.717, 1.165) is 63.9 Å². The lowest BCUT2D eigenvalue weighted by molar-refractivity contribution is -0.123. The summed E-state index contributed by atoms with van der Waals surface area (Å²) in [5.41, 5.74) is 7.99. The molecule has 0 aliphatic carbocycles. The van der Waals surface area contributed by atoms with E-state index in [-0.39, 0.29) is 35.8 Å². The van der Waals surface area contributed by atoms with E-state index < -0.39 is 0 Å². The second kappa shape index (κ2) is 13.8. The standard InChI is InChI=1S/C22H37N5O.HI/c1-17(2)7-5-11-25-22(24-3)26-14-18-8-4-9-19(13-18)15-27-12-6-10-20(16-27)21(23)28;/h4,8-9,13,17,20H,5-7,10-12,14-16H2,1-3H3,(H2,23,28)(H2,24,25,26);1H. The number of aliphatic imine (C=N–C) groups is 1. The first-order chi connectivity index (χ1) is 13.5. The van der Waals surface area contributed by atoms with E-state index in [9.17, 15) is 4.79 Å². The van der Waals surface area contributed by atoms with E-state index in [1.54, 1.807) is 7.05 Å². The molecular weight excluding hydrogens is 477 g/mol. The molecule has 1 atom stereocenters. The first kappa shape index (κ1) is 25.7. The maximum atomic E-state index is 11.5. The second-order valence-electron chi connectivity index (χ2n) is 8.19. The lowest BCUT2D eigenvalue weighted by atomic mass is 9.97. The minimum Gasteiger partial charge on any atom is -0.369 e. The van der Waals surface area contributed by atoms with Gasteiger partial charge < -0.3 is 16.4 Å². The van der Waals surface area contributed by atoms with Crippen molar-refractivity contribution in [2.75, 3.05) is 26.7 Å². The normalized spacial score (nSPS) is 17.7. The molecule has 6 nitrogen and oxygen atoms in total. The van der Waals surface area contributed by atoms with Crippen molar-refractivity contribution < 1.29 is 4.79 Å². The van der Waals surface area contributed by atoms with Gasteiger partial charge in [0.15, 0.2) is 5.96 Å². The van der Waals surface area contributed by atoms with Gasteiger partial charge in [0.1, 0.15) is 0 Å². The number of carbonyl (C=O) groups is 1. The Hall–Kier alpha value is -1.35. The van der Waals surface area contributed by atoms with E-state index in [1.165, 1.54) is 17.5 Å². The number of nitrogens with two attached hydrogens (primary N) is 1. The summed E-state index contributed by atoms with van der Waals surface area (Å²) >= 11 is 0. The van der Waals surface area contributed by atoms with Crippen LogP contribution in [0.3, 0.4) is 0 Å². The van der Waals surface area contributed by atoms with E-state index in [1.807, 2.05) is 0 Å². The van der Waals surface area contributed by atoms with Crippen molar-refractivity contribution in [2.24, 2.45) is 22.6 Å². The Labute approximate surface area is 193 Å². The zero-order valence-electron chi connectivity index (χ0n) is 18.1. The average Bonchev–Trinajstić information content (AvgIpc) is 2.67. The van der Waals surface area contributed by atoms with E-state index in [4.69, 9.17) is 5.73 Å². The second-order valence-corrected chi connectivity index (χ2v) is 8.19. The van der Waals surface area contributed by atoms with Crippen LogP contribution in [0.2, 0.25) is 0 Å². The Morgan fingerprint density at radius 1 is 1.31 bits per heavy atom. The third-order valence-corrected chi connectivity index (χ3v) is 5.24. The molecule has 1 aromatic carbocycles. The number of piperidine rings is 1. The smallest absolute Gasteiger partial charge is 0.221 e. The first-order valence-electron chi connectivity index (χ1n) is 10.5. The average molecular weight is 515 g/mol. The molecule has 4 N–H and O–H groups in total. The quantitative estimate of drug-likeness (QED) is 0.204. The molecule has 1 saturated heterocycles. The minimum atomic E-state index is -0.171. The molecule has 1 aliphatic heterocycles. The lowest BCUT2D eigenvalue weighted by Crippen LogP contribution is -2.40. The number of rotatable bonds is 9. The fourth-order valence-corrected chi connectivity index (χ4v) is 3.65. The van der Waals surface area contributed by atoms with Crippen LogP contribution >= 0.6 is 24.0 Å². The summed E-state index contributed by atoms with van der Waals surface area (Å²) in [5, 5.41) is 6.77. The van der Waals surface area contributed by atoms with Crippen molar-refractivity contribution in [3.8, 4) is 0 Å². The van der Waals surface area contributed by atoms with E-state index >= 15 is 0 Å². The Bertz CT molecular complexity index is 650. The van der Waals surface area contributed by atoms with Gasteiger partial charge in [0.25, 0.3) is 0 Å². The van der Waals surface area contributed by atoms with Crippen LogP contribution in [0.15, 0.2) is 29.3 Å². The molecule has 1 heterocycles. The number of carbonyl (C=O) groups excluding carboxylic acids is 1. The predicted molar refractivity (Wildman–Crippen MR) is 131 cm³/mol. The summed E-state index contributed by atoms with van der Waals surface area (Å²) in [5.74, 6) is 1.39. The summed E-state index contributed by atoms with van der Waals surface area (Å²) in [6.07, 6.45) is 4.32. The molecule has 1 fully saturated rings. The molecule has 0 aromatic heterocycles. The summed E-state index contributed by atoms with van der Waals surface area (Å²) in [6.45, 7) is 8.83. The molecule has 1 aliphatic rings. The number of benzene rings is 1. The Balaban J connectivity index is 0.00000420.